The summed E-state index contributed by atoms with van der Waals surface area (Å²) in [5.41, 5.74) is 2.25. The van der Waals surface area contributed by atoms with E-state index >= 15 is 0 Å². The van der Waals surface area contributed by atoms with Crippen molar-refractivity contribution < 1.29 is 9.18 Å². The first-order valence-electron chi connectivity index (χ1n) is 9.35. The lowest BCUT2D eigenvalue weighted by atomic mass is 9.96. The largest absolute Gasteiger partial charge is 0.354 e. The summed E-state index contributed by atoms with van der Waals surface area (Å²) in [6, 6.07) is 10.2. The van der Waals surface area contributed by atoms with Gasteiger partial charge in [0.1, 0.15) is 5.82 Å². The number of anilines is 2. The molecule has 4 rings (SSSR count). The van der Waals surface area contributed by atoms with E-state index in [0.29, 0.717) is 18.8 Å². The van der Waals surface area contributed by atoms with Gasteiger partial charge < -0.3 is 15.1 Å². The van der Waals surface area contributed by atoms with Crippen LogP contribution in [0.15, 0.2) is 42.6 Å². The highest BCUT2D eigenvalue weighted by Gasteiger charge is 2.27. The molecule has 2 aromatic heterocycles. The zero-order chi connectivity index (χ0) is 19.7. The number of rotatable bonds is 3. The molecule has 28 heavy (non-hydrogen) atoms. The summed E-state index contributed by atoms with van der Waals surface area (Å²) < 4.78 is 15.1. The minimum absolute atomic E-state index is 0.0504. The zero-order valence-corrected chi connectivity index (χ0v) is 16.0. The summed E-state index contributed by atoms with van der Waals surface area (Å²) >= 11 is 0. The molecule has 2 amide bonds. The summed E-state index contributed by atoms with van der Waals surface area (Å²) in [4.78, 5) is 20.2. The van der Waals surface area contributed by atoms with Gasteiger partial charge in [-0.05, 0) is 43.2 Å². The summed E-state index contributed by atoms with van der Waals surface area (Å²) in [5, 5.41) is 7.82. The fourth-order valence-electron chi connectivity index (χ4n) is 3.49. The molecule has 0 atom stereocenters. The lowest BCUT2D eigenvalue weighted by molar-refractivity contribution is 0.155. The third-order valence-corrected chi connectivity index (χ3v) is 4.97. The van der Waals surface area contributed by atoms with Crippen molar-refractivity contribution in [3.8, 4) is 0 Å². The molecule has 1 N–H and O–H groups in total. The Morgan fingerprint density at radius 2 is 1.96 bits per heavy atom. The number of benzene rings is 1. The van der Waals surface area contributed by atoms with Gasteiger partial charge in [0.15, 0.2) is 11.5 Å². The number of pyridine rings is 1. The topological polar surface area (TPSA) is 65.8 Å². The standard InChI is InChI=1S/C20H23FN6O/c1-25(2)20(28)26-10-8-14(9-11-26)19-23-18-7-6-17(13-27(18)24-19)22-16-5-3-4-15(21)12-16/h3-7,12-14,22H,8-11H2,1-2H3. The van der Waals surface area contributed by atoms with Crippen molar-refractivity contribution in [1.82, 2.24) is 24.4 Å². The number of halogens is 1. The molecule has 0 spiro atoms. The van der Waals surface area contributed by atoms with E-state index < -0.39 is 0 Å². The van der Waals surface area contributed by atoms with Crippen LogP contribution >= 0.6 is 0 Å². The van der Waals surface area contributed by atoms with Crippen molar-refractivity contribution in [3.63, 3.8) is 0 Å². The van der Waals surface area contributed by atoms with Gasteiger partial charge in [-0.15, -0.1) is 0 Å². The van der Waals surface area contributed by atoms with Crippen LogP contribution in [-0.2, 0) is 0 Å². The van der Waals surface area contributed by atoms with Gasteiger partial charge in [0.2, 0.25) is 0 Å². The highest BCUT2D eigenvalue weighted by molar-refractivity contribution is 5.73. The fraction of sp³-hybridized carbons (Fsp3) is 0.350. The SMILES string of the molecule is CN(C)C(=O)N1CCC(c2nc3ccc(Nc4cccc(F)c4)cn3n2)CC1. The molecule has 7 nitrogen and oxygen atoms in total. The molecule has 0 bridgehead atoms. The Kier molecular flexibility index (Phi) is 4.85. The van der Waals surface area contributed by atoms with Crippen LogP contribution in [0.4, 0.5) is 20.6 Å². The van der Waals surface area contributed by atoms with Crippen molar-refractivity contribution in [1.29, 1.82) is 0 Å². The van der Waals surface area contributed by atoms with E-state index in [1.807, 2.05) is 29.3 Å². The number of hydrogen-bond donors (Lipinski definition) is 1. The van der Waals surface area contributed by atoms with Gasteiger partial charge in [0, 0.05) is 38.8 Å². The van der Waals surface area contributed by atoms with Gasteiger partial charge in [0.05, 0.1) is 11.9 Å². The van der Waals surface area contributed by atoms with Gasteiger partial charge in [0.25, 0.3) is 0 Å². The number of amides is 2. The highest BCUT2D eigenvalue weighted by Crippen LogP contribution is 2.27. The third-order valence-electron chi connectivity index (χ3n) is 4.97. The second-order valence-corrected chi connectivity index (χ2v) is 7.26. The van der Waals surface area contributed by atoms with E-state index in [1.165, 1.54) is 12.1 Å². The van der Waals surface area contributed by atoms with E-state index in [-0.39, 0.29) is 17.8 Å². The molecule has 0 aliphatic carbocycles. The van der Waals surface area contributed by atoms with E-state index in [0.717, 1.165) is 30.0 Å². The first-order valence-corrected chi connectivity index (χ1v) is 9.35. The molecule has 1 aliphatic heterocycles. The molecule has 3 aromatic rings. The molecule has 3 heterocycles. The molecule has 8 heteroatoms. The molecule has 0 unspecified atom stereocenters. The molecular formula is C20H23FN6O. The minimum Gasteiger partial charge on any atom is -0.354 e. The van der Waals surface area contributed by atoms with E-state index in [2.05, 4.69) is 15.4 Å². The Balaban J connectivity index is 1.47. The van der Waals surface area contributed by atoms with E-state index in [1.54, 1.807) is 29.6 Å². The number of piperidine rings is 1. The number of fused-ring (bicyclic) bond motifs is 1. The Hall–Kier alpha value is -3.16. The van der Waals surface area contributed by atoms with Crippen molar-refractivity contribution in [2.24, 2.45) is 0 Å². The predicted octanol–water partition coefficient (Wildman–Crippen LogP) is 3.47. The van der Waals surface area contributed by atoms with Gasteiger partial charge in [-0.3, -0.25) is 0 Å². The average molecular weight is 382 g/mol. The van der Waals surface area contributed by atoms with Gasteiger partial charge >= 0.3 is 6.03 Å². The number of likely N-dealkylation sites (tertiary alicyclic amines) is 1. The number of hydrogen-bond acceptors (Lipinski definition) is 4. The quantitative estimate of drug-likeness (QED) is 0.753. The Bertz CT molecular complexity index is 993. The normalized spacial score (nSPS) is 15.0. The van der Waals surface area contributed by atoms with Crippen LogP contribution in [0.5, 0.6) is 0 Å². The van der Waals surface area contributed by atoms with Crippen molar-refractivity contribution in [2.45, 2.75) is 18.8 Å². The number of carbonyl (C=O) groups is 1. The maximum Gasteiger partial charge on any atom is 0.319 e. The van der Waals surface area contributed by atoms with Crippen LogP contribution in [0.2, 0.25) is 0 Å². The van der Waals surface area contributed by atoms with Crippen LogP contribution in [-0.4, -0.2) is 57.6 Å². The summed E-state index contributed by atoms with van der Waals surface area (Å²) in [7, 11) is 3.54. The zero-order valence-electron chi connectivity index (χ0n) is 16.0. The van der Waals surface area contributed by atoms with E-state index in [9.17, 15) is 9.18 Å². The monoisotopic (exact) mass is 382 g/mol. The third kappa shape index (κ3) is 3.76. The number of carbonyl (C=O) groups excluding carboxylic acids is 1. The summed E-state index contributed by atoms with van der Waals surface area (Å²) in [6.07, 6.45) is 3.55. The Morgan fingerprint density at radius 1 is 1.18 bits per heavy atom. The number of nitrogens with one attached hydrogen (secondary N) is 1. The summed E-state index contributed by atoms with van der Waals surface area (Å²) in [6.45, 7) is 1.42. The molecule has 146 valence electrons. The smallest absolute Gasteiger partial charge is 0.319 e. The molecular weight excluding hydrogens is 359 g/mol. The number of urea groups is 1. The molecule has 1 saturated heterocycles. The predicted molar refractivity (Wildman–Crippen MR) is 105 cm³/mol. The van der Waals surface area contributed by atoms with Crippen molar-refractivity contribution >= 4 is 23.1 Å². The van der Waals surface area contributed by atoms with Crippen LogP contribution in [0.25, 0.3) is 5.65 Å². The molecule has 0 saturated carbocycles. The second-order valence-electron chi connectivity index (χ2n) is 7.26. The Labute approximate surface area is 162 Å². The van der Waals surface area contributed by atoms with Crippen LogP contribution in [0.1, 0.15) is 24.6 Å². The first-order chi connectivity index (χ1) is 13.5. The van der Waals surface area contributed by atoms with Crippen LogP contribution in [0.3, 0.4) is 0 Å². The highest BCUT2D eigenvalue weighted by atomic mass is 19.1. The van der Waals surface area contributed by atoms with Gasteiger partial charge in [-0.25, -0.2) is 18.7 Å². The molecule has 1 aromatic carbocycles. The lowest BCUT2D eigenvalue weighted by Crippen LogP contribution is -2.43. The van der Waals surface area contributed by atoms with Crippen molar-refractivity contribution in [3.05, 3.63) is 54.2 Å². The summed E-state index contributed by atoms with van der Waals surface area (Å²) in [5.74, 6) is 0.763. The lowest BCUT2D eigenvalue weighted by Gasteiger charge is -2.32. The number of nitrogens with zero attached hydrogens (tertiary/aromatic N) is 5. The first kappa shape index (κ1) is 18.2. The maximum absolute atomic E-state index is 13.4. The van der Waals surface area contributed by atoms with Crippen molar-refractivity contribution in [2.75, 3.05) is 32.5 Å². The second kappa shape index (κ2) is 7.46. The van der Waals surface area contributed by atoms with E-state index in [4.69, 9.17) is 0 Å². The number of aromatic nitrogens is 3. The van der Waals surface area contributed by atoms with Crippen LogP contribution < -0.4 is 5.32 Å². The maximum atomic E-state index is 13.4. The molecule has 0 radical (unpaired) electrons. The van der Waals surface area contributed by atoms with Gasteiger partial charge in [-0.2, -0.15) is 5.10 Å². The fourth-order valence-corrected chi connectivity index (χ4v) is 3.49. The minimum atomic E-state index is -0.284. The van der Waals surface area contributed by atoms with Gasteiger partial charge in [-0.1, -0.05) is 6.07 Å². The average Bonchev–Trinajstić information content (AvgIpc) is 3.11. The molecule has 1 aliphatic rings. The van der Waals surface area contributed by atoms with Crippen LogP contribution in [0, 0.1) is 5.82 Å². The molecule has 1 fully saturated rings. The Morgan fingerprint density at radius 3 is 2.68 bits per heavy atom.